The SMILES string of the molecule is CC[P+](CC)(CC)CCC(=O)O. The van der Waals surface area contributed by atoms with E-state index >= 15 is 0 Å². The van der Waals surface area contributed by atoms with Crippen LogP contribution in [0.3, 0.4) is 0 Å². The van der Waals surface area contributed by atoms with Gasteiger partial charge in [-0.15, -0.1) is 0 Å². The van der Waals surface area contributed by atoms with Crippen molar-refractivity contribution in [3.63, 3.8) is 0 Å². The molecular weight excluding hydrogens is 171 g/mol. The molecule has 1 N–H and O–H groups in total. The van der Waals surface area contributed by atoms with E-state index in [1.807, 2.05) is 0 Å². The fourth-order valence-electron chi connectivity index (χ4n) is 1.48. The molecule has 12 heavy (non-hydrogen) atoms. The predicted molar refractivity (Wildman–Crippen MR) is 55.7 cm³/mol. The van der Waals surface area contributed by atoms with Crippen LogP contribution in [0.25, 0.3) is 0 Å². The third-order valence-corrected chi connectivity index (χ3v) is 8.01. The lowest BCUT2D eigenvalue weighted by Crippen LogP contribution is -2.10. The average Bonchev–Trinajstić information content (AvgIpc) is 2.08. The van der Waals surface area contributed by atoms with Gasteiger partial charge in [0.05, 0.1) is 31.1 Å². The molecule has 0 heterocycles. The molecule has 0 unspecified atom stereocenters. The van der Waals surface area contributed by atoms with Crippen molar-refractivity contribution in [3.05, 3.63) is 0 Å². The first-order valence-corrected chi connectivity index (χ1v) is 7.20. The van der Waals surface area contributed by atoms with Crippen LogP contribution in [0.15, 0.2) is 0 Å². The second kappa shape index (κ2) is 5.53. The Hall–Kier alpha value is -0.100. The van der Waals surface area contributed by atoms with E-state index in [9.17, 15) is 4.79 Å². The van der Waals surface area contributed by atoms with Gasteiger partial charge in [-0.1, -0.05) is 0 Å². The summed E-state index contributed by atoms with van der Waals surface area (Å²) in [4.78, 5) is 10.4. The zero-order chi connectivity index (χ0) is 9.61. The van der Waals surface area contributed by atoms with Crippen molar-refractivity contribution >= 4 is 13.2 Å². The minimum absolute atomic E-state index is 0.364. The Bertz CT molecular complexity index is 133. The molecule has 0 amide bonds. The van der Waals surface area contributed by atoms with E-state index in [4.69, 9.17) is 5.11 Å². The fourth-order valence-corrected chi connectivity index (χ4v) is 4.43. The molecule has 72 valence electrons. The molecule has 0 aliphatic heterocycles. The van der Waals surface area contributed by atoms with E-state index in [-0.39, 0.29) is 0 Å². The van der Waals surface area contributed by atoms with Gasteiger partial charge in [0, 0.05) is 7.26 Å². The Balaban J connectivity index is 4.01. The van der Waals surface area contributed by atoms with Crippen LogP contribution < -0.4 is 0 Å². The zero-order valence-electron chi connectivity index (χ0n) is 8.34. The van der Waals surface area contributed by atoms with E-state index in [2.05, 4.69) is 20.8 Å². The Morgan fingerprint density at radius 3 is 1.83 bits per heavy atom. The number of hydrogen-bond acceptors (Lipinski definition) is 1. The van der Waals surface area contributed by atoms with Crippen molar-refractivity contribution < 1.29 is 9.90 Å². The molecule has 3 heteroatoms. The van der Waals surface area contributed by atoms with Crippen LogP contribution in [0.2, 0.25) is 0 Å². The number of carboxylic acids is 1. The summed E-state index contributed by atoms with van der Waals surface area (Å²) in [6.07, 6.45) is 4.91. The monoisotopic (exact) mass is 191 g/mol. The summed E-state index contributed by atoms with van der Waals surface area (Å²) in [6, 6.07) is 0. The van der Waals surface area contributed by atoms with Crippen molar-refractivity contribution in [1.29, 1.82) is 0 Å². The Morgan fingerprint density at radius 2 is 1.58 bits per heavy atom. The van der Waals surface area contributed by atoms with Gasteiger partial charge in [-0.2, -0.15) is 0 Å². The molecule has 0 spiro atoms. The molecule has 0 saturated carbocycles. The molecule has 0 fully saturated rings. The van der Waals surface area contributed by atoms with Crippen molar-refractivity contribution in [2.24, 2.45) is 0 Å². The van der Waals surface area contributed by atoms with E-state index in [0.29, 0.717) is 6.42 Å². The number of rotatable bonds is 6. The number of aliphatic carboxylic acids is 1. The van der Waals surface area contributed by atoms with E-state index in [1.165, 1.54) is 18.5 Å². The van der Waals surface area contributed by atoms with Crippen LogP contribution in [-0.2, 0) is 4.79 Å². The Morgan fingerprint density at radius 1 is 1.17 bits per heavy atom. The summed E-state index contributed by atoms with van der Waals surface area (Å²) in [5.41, 5.74) is 0. The number of hydrogen-bond donors (Lipinski definition) is 1. The summed E-state index contributed by atoms with van der Waals surface area (Å²) < 4.78 is 0. The van der Waals surface area contributed by atoms with Crippen LogP contribution in [0.5, 0.6) is 0 Å². The first-order valence-electron chi connectivity index (χ1n) is 4.67. The molecule has 0 aliphatic rings. The lowest BCUT2D eigenvalue weighted by molar-refractivity contribution is -0.136. The van der Waals surface area contributed by atoms with Crippen LogP contribution >= 0.6 is 7.26 Å². The number of carboxylic acid groups (broad SMARTS) is 1. The third-order valence-electron chi connectivity index (χ3n) is 2.81. The zero-order valence-corrected chi connectivity index (χ0v) is 9.23. The molecule has 0 aromatic rings. The molecule has 0 rings (SSSR count). The Kier molecular flexibility index (Phi) is 5.48. The third kappa shape index (κ3) is 3.53. The molecule has 0 radical (unpaired) electrons. The smallest absolute Gasteiger partial charge is 0.307 e. The quantitative estimate of drug-likeness (QED) is 0.655. The maximum absolute atomic E-state index is 10.4. The van der Waals surface area contributed by atoms with Gasteiger partial charge in [-0.05, 0) is 20.8 Å². The summed E-state index contributed by atoms with van der Waals surface area (Å²) in [6.45, 7) is 6.59. The standard InChI is InChI=1S/C9H19O2P/c1-4-12(5-2,6-3)8-7-9(10)11/h4-8H2,1-3H3/p+1. The maximum atomic E-state index is 10.4. The summed E-state index contributed by atoms with van der Waals surface area (Å²) >= 11 is 0. The lowest BCUT2D eigenvalue weighted by Gasteiger charge is -2.22. The summed E-state index contributed by atoms with van der Waals surface area (Å²) in [5.74, 6) is -0.644. The first-order chi connectivity index (χ1) is 5.60. The highest BCUT2D eigenvalue weighted by Crippen LogP contribution is 2.57. The average molecular weight is 191 g/mol. The predicted octanol–water partition coefficient (Wildman–Crippen LogP) is 2.54. The van der Waals surface area contributed by atoms with Gasteiger partial charge in [-0.3, -0.25) is 4.79 Å². The van der Waals surface area contributed by atoms with Crippen molar-refractivity contribution in [2.45, 2.75) is 27.2 Å². The topological polar surface area (TPSA) is 37.3 Å². The highest BCUT2D eigenvalue weighted by atomic mass is 31.2. The van der Waals surface area contributed by atoms with Crippen molar-refractivity contribution in [3.8, 4) is 0 Å². The lowest BCUT2D eigenvalue weighted by atomic mass is 10.5. The minimum atomic E-state index is -0.874. The normalized spacial score (nSPS) is 11.6. The second-order valence-electron chi connectivity index (χ2n) is 3.16. The van der Waals surface area contributed by atoms with Gasteiger partial charge in [0.2, 0.25) is 0 Å². The van der Waals surface area contributed by atoms with Crippen molar-refractivity contribution in [2.75, 3.05) is 24.6 Å². The number of carbonyl (C=O) groups is 1. The summed E-state index contributed by atoms with van der Waals surface area (Å²) in [7, 11) is -0.874. The molecule has 0 aromatic heterocycles. The van der Waals surface area contributed by atoms with Gasteiger partial charge >= 0.3 is 5.97 Å². The van der Waals surface area contributed by atoms with Gasteiger partial charge in [0.25, 0.3) is 0 Å². The molecule has 0 atom stereocenters. The van der Waals surface area contributed by atoms with Crippen molar-refractivity contribution in [1.82, 2.24) is 0 Å². The second-order valence-corrected chi connectivity index (χ2v) is 8.19. The van der Waals surface area contributed by atoms with Crippen LogP contribution in [0.4, 0.5) is 0 Å². The summed E-state index contributed by atoms with van der Waals surface area (Å²) in [5, 5.41) is 8.58. The first kappa shape index (κ1) is 11.9. The van der Waals surface area contributed by atoms with Gasteiger partial charge in [-0.25, -0.2) is 0 Å². The minimum Gasteiger partial charge on any atom is -0.481 e. The fraction of sp³-hybridized carbons (Fsp3) is 0.889. The van der Waals surface area contributed by atoms with Gasteiger partial charge in [0.1, 0.15) is 0 Å². The molecule has 0 saturated heterocycles. The molecule has 0 aromatic carbocycles. The molecule has 0 aliphatic carbocycles. The van der Waals surface area contributed by atoms with Crippen LogP contribution in [0, 0.1) is 0 Å². The highest BCUT2D eigenvalue weighted by Gasteiger charge is 2.31. The van der Waals surface area contributed by atoms with Gasteiger partial charge < -0.3 is 5.11 Å². The van der Waals surface area contributed by atoms with E-state index < -0.39 is 13.2 Å². The Labute approximate surface area is 75.7 Å². The molecule has 0 bridgehead atoms. The highest BCUT2D eigenvalue weighted by molar-refractivity contribution is 7.75. The van der Waals surface area contributed by atoms with E-state index in [0.717, 1.165) is 6.16 Å². The van der Waals surface area contributed by atoms with Gasteiger partial charge in [0.15, 0.2) is 0 Å². The largest absolute Gasteiger partial charge is 0.481 e. The van der Waals surface area contributed by atoms with E-state index in [1.54, 1.807) is 0 Å². The van der Waals surface area contributed by atoms with Crippen LogP contribution in [-0.4, -0.2) is 35.7 Å². The molecular formula is C9H20O2P+. The maximum Gasteiger partial charge on any atom is 0.307 e. The van der Waals surface area contributed by atoms with Crippen LogP contribution in [0.1, 0.15) is 27.2 Å². The molecule has 2 nitrogen and oxygen atoms in total.